The van der Waals surface area contributed by atoms with E-state index in [4.69, 9.17) is 23.7 Å². The molecule has 1 aromatic heterocycles. The molecule has 5 rings (SSSR count). The van der Waals surface area contributed by atoms with Crippen LogP contribution in [0.3, 0.4) is 0 Å². The lowest BCUT2D eigenvalue weighted by molar-refractivity contribution is -0.105. The van der Waals surface area contributed by atoms with Crippen molar-refractivity contribution in [3.05, 3.63) is 72.7 Å². The molecular formula is C28H26FNO5. The Labute approximate surface area is 203 Å². The maximum Gasteiger partial charge on any atom is 0.199 e. The topological polar surface area (TPSA) is 59.0 Å². The third-order valence-corrected chi connectivity index (χ3v) is 5.95. The highest BCUT2D eigenvalue weighted by molar-refractivity contribution is 5.88. The van der Waals surface area contributed by atoms with Gasteiger partial charge >= 0.3 is 0 Å². The number of benzene rings is 3. The van der Waals surface area contributed by atoms with Gasteiger partial charge in [-0.25, -0.2) is 4.39 Å². The van der Waals surface area contributed by atoms with Gasteiger partial charge in [0.1, 0.15) is 11.5 Å². The molecule has 3 aromatic carbocycles. The average Bonchev–Trinajstić information content (AvgIpc) is 2.90. The molecule has 0 N–H and O–H groups in total. The lowest BCUT2D eigenvalue weighted by Gasteiger charge is -2.23. The Kier molecular flexibility index (Phi) is 6.68. The smallest absolute Gasteiger partial charge is 0.199 e. The van der Waals surface area contributed by atoms with Gasteiger partial charge in [0.2, 0.25) is 0 Å². The minimum atomic E-state index is -0.469. The van der Waals surface area contributed by atoms with Gasteiger partial charge in [0.25, 0.3) is 0 Å². The van der Waals surface area contributed by atoms with E-state index in [1.54, 1.807) is 44.7 Å². The summed E-state index contributed by atoms with van der Waals surface area (Å²) in [6, 6.07) is 17.7. The van der Waals surface area contributed by atoms with Crippen LogP contribution in [0, 0.1) is 5.82 Å². The van der Waals surface area contributed by atoms with Gasteiger partial charge in [-0.1, -0.05) is 18.2 Å². The second kappa shape index (κ2) is 10.2. The van der Waals surface area contributed by atoms with Crippen molar-refractivity contribution in [3.63, 3.8) is 0 Å². The monoisotopic (exact) mass is 475 g/mol. The molecule has 7 heteroatoms. The van der Waals surface area contributed by atoms with Crippen molar-refractivity contribution in [3.8, 4) is 39.9 Å². The van der Waals surface area contributed by atoms with Crippen LogP contribution in [0.15, 0.2) is 66.9 Å². The van der Waals surface area contributed by atoms with Crippen LogP contribution < -0.4 is 18.9 Å². The largest absolute Gasteiger partial charge is 0.493 e. The van der Waals surface area contributed by atoms with E-state index < -0.39 is 5.82 Å². The number of rotatable bonds is 7. The fourth-order valence-corrected chi connectivity index (χ4v) is 4.10. The Bertz CT molecular complexity index is 1320. The molecule has 1 unspecified atom stereocenters. The van der Waals surface area contributed by atoms with E-state index in [9.17, 15) is 0 Å². The minimum absolute atomic E-state index is 0.116. The van der Waals surface area contributed by atoms with Gasteiger partial charge in [0.15, 0.2) is 29.4 Å². The van der Waals surface area contributed by atoms with Crippen LogP contribution in [0.5, 0.6) is 28.7 Å². The molecule has 0 saturated carbocycles. The summed E-state index contributed by atoms with van der Waals surface area (Å²) >= 11 is 0. The maximum atomic E-state index is 15.0. The van der Waals surface area contributed by atoms with Gasteiger partial charge in [-0.15, -0.1) is 0 Å². The number of aromatic nitrogens is 1. The molecule has 180 valence electrons. The van der Waals surface area contributed by atoms with E-state index in [1.807, 2.05) is 30.3 Å². The van der Waals surface area contributed by atoms with Crippen molar-refractivity contribution >= 4 is 10.9 Å². The number of ether oxygens (including phenoxy) is 5. The summed E-state index contributed by atoms with van der Waals surface area (Å²) in [6.07, 6.45) is 4.48. The Balaban J connectivity index is 1.35. The highest BCUT2D eigenvalue weighted by atomic mass is 19.1. The normalized spacial score (nSPS) is 15.6. The van der Waals surface area contributed by atoms with E-state index in [1.165, 1.54) is 6.07 Å². The number of hydrogen-bond acceptors (Lipinski definition) is 6. The molecule has 0 spiro atoms. The number of methoxy groups -OCH3 is 2. The van der Waals surface area contributed by atoms with Crippen LogP contribution in [0.4, 0.5) is 4.39 Å². The zero-order valence-electron chi connectivity index (χ0n) is 19.6. The van der Waals surface area contributed by atoms with Gasteiger partial charge < -0.3 is 23.7 Å². The molecule has 0 bridgehead atoms. The van der Waals surface area contributed by atoms with E-state index in [0.717, 1.165) is 42.7 Å². The zero-order valence-corrected chi connectivity index (χ0v) is 19.6. The van der Waals surface area contributed by atoms with Gasteiger partial charge in [-0.3, -0.25) is 4.98 Å². The summed E-state index contributed by atoms with van der Waals surface area (Å²) in [6.45, 7) is 0.730. The first-order chi connectivity index (χ1) is 17.1. The van der Waals surface area contributed by atoms with Crippen LogP contribution >= 0.6 is 0 Å². The summed E-state index contributed by atoms with van der Waals surface area (Å²) in [4.78, 5) is 4.36. The number of halogens is 1. The van der Waals surface area contributed by atoms with E-state index in [0.29, 0.717) is 28.2 Å². The van der Waals surface area contributed by atoms with Crippen molar-refractivity contribution in [2.24, 2.45) is 0 Å². The van der Waals surface area contributed by atoms with Crippen LogP contribution in [0.2, 0.25) is 0 Å². The summed E-state index contributed by atoms with van der Waals surface area (Å²) in [5.41, 5.74) is 2.26. The van der Waals surface area contributed by atoms with Crippen molar-refractivity contribution in [1.29, 1.82) is 0 Å². The molecular weight excluding hydrogens is 449 g/mol. The highest BCUT2D eigenvalue weighted by Gasteiger charge is 2.16. The lowest BCUT2D eigenvalue weighted by Crippen LogP contribution is -2.24. The molecule has 2 heterocycles. The Morgan fingerprint density at radius 1 is 0.829 bits per heavy atom. The van der Waals surface area contributed by atoms with Crippen molar-refractivity contribution in [1.82, 2.24) is 4.98 Å². The highest BCUT2D eigenvalue weighted by Crippen LogP contribution is 2.38. The summed E-state index contributed by atoms with van der Waals surface area (Å²) in [5.74, 6) is 1.94. The molecule has 0 radical (unpaired) electrons. The number of hydrogen-bond donors (Lipinski definition) is 0. The molecule has 0 aliphatic carbocycles. The van der Waals surface area contributed by atoms with Crippen molar-refractivity contribution in [2.75, 3.05) is 20.8 Å². The SMILES string of the molecule is COc1cc2nccc(Oc3ccc(-c4ccc(OC5CCCCO5)cc4)cc3F)c2cc1OC. The molecule has 4 aromatic rings. The second-order valence-corrected chi connectivity index (χ2v) is 8.22. The summed E-state index contributed by atoms with van der Waals surface area (Å²) in [5, 5.41) is 0.686. The molecule has 1 atom stereocenters. The fourth-order valence-electron chi connectivity index (χ4n) is 4.10. The van der Waals surface area contributed by atoms with Crippen LogP contribution in [-0.2, 0) is 4.74 Å². The van der Waals surface area contributed by atoms with Crippen LogP contribution in [0.1, 0.15) is 19.3 Å². The Morgan fingerprint density at radius 3 is 2.31 bits per heavy atom. The molecule has 1 saturated heterocycles. The molecule has 35 heavy (non-hydrogen) atoms. The first kappa shape index (κ1) is 22.9. The van der Waals surface area contributed by atoms with E-state index in [-0.39, 0.29) is 12.0 Å². The van der Waals surface area contributed by atoms with E-state index >= 15 is 4.39 Å². The van der Waals surface area contributed by atoms with Gasteiger partial charge in [0.05, 0.1) is 26.3 Å². The van der Waals surface area contributed by atoms with Crippen molar-refractivity contribution < 1.29 is 28.1 Å². The van der Waals surface area contributed by atoms with Gasteiger partial charge in [0, 0.05) is 24.1 Å². The number of nitrogens with zero attached hydrogens (tertiary/aromatic N) is 1. The maximum absolute atomic E-state index is 15.0. The first-order valence-electron chi connectivity index (χ1n) is 11.5. The predicted molar refractivity (Wildman–Crippen MR) is 131 cm³/mol. The third kappa shape index (κ3) is 5.00. The number of fused-ring (bicyclic) bond motifs is 1. The molecule has 0 amide bonds. The quantitative estimate of drug-likeness (QED) is 0.294. The zero-order chi connectivity index (χ0) is 24.2. The van der Waals surface area contributed by atoms with Crippen LogP contribution in [-0.4, -0.2) is 32.1 Å². The Morgan fingerprint density at radius 2 is 1.60 bits per heavy atom. The molecule has 1 aliphatic heterocycles. The lowest BCUT2D eigenvalue weighted by atomic mass is 10.1. The second-order valence-electron chi connectivity index (χ2n) is 8.22. The summed E-state index contributed by atoms with van der Waals surface area (Å²) < 4.78 is 43.2. The fraction of sp³-hybridized carbons (Fsp3) is 0.250. The molecule has 1 fully saturated rings. The van der Waals surface area contributed by atoms with Gasteiger partial charge in [-0.05, 0) is 60.4 Å². The van der Waals surface area contributed by atoms with E-state index in [2.05, 4.69) is 4.98 Å². The van der Waals surface area contributed by atoms with Crippen LogP contribution in [0.25, 0.3) is 22.0 Å². The van der Waals surface area contributed by atoms with Gasteiger partial charge in [-0.2, -0.15) is 0 Å². The first-order valence-corrected chi connectivity index (χ1v) is 11.5. The summed E-state index contributed by atoms with van der Waals surface area (Å²) in [7, 11) is 3.12. The standard InChI is InChI=1S/C28H26FNO5/c1-31-26-16-21-23(17-27(26)32-2)30-13-12-24(21)35-25-11-8-19(15-22(25)29)18-6-9-20(10-7-18)34-28-5-3-4-14-33-28/h6-13,15-17,28H,3-5,14H2,1-2H3. The predicted octanol–water partition coefficient (Wildman–Crippen LogP) is 6.76. The molecule has 1 aliphatic rings. The average molecular weight is 476 g/mol. The van der Waals surface area contributed by atoms with Crippen molar-refractivity contribution in [2.45, 2.75) is 25.6 Å². The third-order valence-electron chi connectivity index (χ3n) is 5.95. The minimum Gasteiger partial charge on any atom is -0.493 e. The number of pyridine rings is 1. The Hall–Kier alpha value is -3.84. The molecule has 6 nitrogen and oxygen atoms in total.